The first kappa shape index (κ1) is 11.5. The molecule has 0 aliphatic heterocycles. The molecule has 6 nitrogen and oxygen atoms in total. The van der Waals surface area contributed by atoms with E-state index in [1.165, 1.54) is 6.20 Å². The first-order valence-corrected chi connectivity index (χ1v) is 5.21. The van der Waals surface area contributed by atoms with Crippen LogP contribution in [0.2, 0.25) is 0 Å². The second-order valence-corrected chi connectivity index (χ2v) is 3.59. The molecule has 0 radical (unpaired) electrons. The third-order valence-corrected chi connectivity index (χ3v) is 2.36. The number of pyridine rings is 1. The van der Waals surface area contributed by atoms with E-state index < -0.39 is 0 Å². The molecule has 17 heavy (non-hydrogen) atoms. The molecule has 0 aliphatic rings. The molecule has 0 fully saturated rings. The van der Waals surface area contributed by atoms with Gasteiger partial charge in [-0.2, -0.15) is 0 Å². The van der Waals surface area contributed by atoms with Crippen LogP contribution < -0.4 is 5.32 Å². The quantitative estimate of drug-likeness (QED) is 0.797. The van der Waals surface area contributed by atoms with E-state index in [0.29, 0.717) is 24.4 Å². The molecule has 2 rings (SSSR count). The van der Waals surface area contributed by atoms with Gasteiger partial charge in [0.05, 0.1) is 23.3 Å². The van der Waals surface area contributed by atoms with Crippen LogP contribution in [-0.2, 0) is 4.74 Å². The maximum absolute atomic E-state index is 11.7. The van der Waals surface area contributed by atoms with Crippen LogP contribution in [0.25, 0.3) is 11.1 Å². The molecule has 2 aromatic heterocycles. The lowest BCUT2D eigenvalue weighted by molar-refractivity contribution is 0.0937. The number of carbonyl (C=O) groups is 1. The lowest BCUT2D eigenvalue weighted by Gasteiger charge is -2.03. The monoisotopic (exact) mass is 235 g/mol. The van der Waals surface area contributed by atoms with E-state index in [9.17, 15) is 4.79 Å². The molecule has 2 heterocycles. The molecule has 0 spiro atoms. The molecular formula is C11H13N3O3. The summed E-state index contributed by atoms with van der Waals surface area (Å²) in [5.74, 6) is -0.183. The van der Waals surface area contributed by atoms with Gasteiger partial charge in [-0.1, -0.05) is 5.16 Å². The molecule has 1 amide bonds. The third-order valence-electron chi connectivity index (χ3n) is 2.36. The Balaban J connectivity index is 2.17. The molecule has 0 unspecified atom stereocenters. The zero-order valence-electron chi connectivity index (χ0n) is 9.69. The van der Waals surface area contributed by atoms with Gasteiger partial charge >= 0.3 is 0 Å². The van der Waals surface area contributed by atoms with E-state index in [1.54, 1.807) is 20.1 Å². The largest absolute Gasteiger partial charge is 0.383 e. The van der Waals surface area contributed by atoms with E-state index in [0.717, 1.165) is 11.1 Å². The van der Waals surface area contributed by atoms with Gasteiger partial charge in [0.15, 0.2) is 0 Å². The van der Waals surface area contributed by atoms with Gasteiger partial charge in [0.1, 0.15) is 0 Å². The minimum atomic E-state index is -0.183. The Morgan fingerprint density at radius 3 is 3.18 bits per heavy atom. The molecule has 6 heteroatoms. The van der Waals surface area contributed by atoms with E-state index in [1.807, 2.05) is 0 Å². The Morgan fingerprint density at radius 1 is 1.59 bits per heavy atom. The topological polar surface area (TPSA) is 77.2 Å². The summed E-state index contributed by atoms with van der Waals surface area (Å²) >= 11 is 0. The highest BCUT2D eigenvalue weighted by Crippen LogP contribution is 2.16. The molecule has 0 aliphatic carbocycles. The highest BCUT2D eigenvalue weighted by molar-refractivity contribution is 5.96. The number of hydrogen-bond donors (Lipinski definition) is 1. The first-order valence-electron chi connectivity index (χ1n) is 5.21. The van der Waals surface area contributed by atoms with Gasteiger partial charge in [0.25, 0.3) is 11.6 Å². The van der Waals surface area contributed by atoms with Crippen molar-refractivity contribution < 1.29 is 14.1 Å². The van der Waals surface area contributed by atoms with Crippen molar-refractivity contribution in [1.82, 2.24) is 15.5 Å². The highest BCUT2D eigenvalue weighted by atomic mass is 16.5. The number of methoxy groups -OCH3 is 1. The average Bonchev–Trinajstić information content (AvgIpc) is 2.71. The molecule has 0 aromatic carbocycles. The van der Waals surface area contributed by atoms with Gasteiger partial charge in [-0.05, 0) is 13.0 Å². The fraction of sp³-hybridized carbons (Fsp3) is 0.364. The van der Waals surface area contributed by atoms with Crippen molar-refractivity contribution in [2.45, 2.75) is 6.92 Å². The summed E-state index contributed by atoms with van der Waals surface area (Å²) in [5, 5.41) is 7.26. The van der Waals surface area contributed by atoms with Crippen molar-refractivity contribution >= 4 is 17.0 Å². The number of ether oxygens (including phenoxy) is 1. The maximum atomic E-state index is 11.7. The number of hydrogen-bond acceptors (Lipinski definition) is 5. The summed E-state index contributed by atoms with van der Waals surface area (Å²) < 4.78 is 9.82. The summed E-state index contributed by atoms with van der Waals surface area (Å²) in [6, 6.07) is 1.72. The van der Waals surface area contributed by atoms with Crippen molar-refractivity contribution in [3.05, 3.63) is 23.5 Å². The number of nitrogens with zero attached hydrogens (tertiary/aromatic N) is 2. The number of amides is 1. The van der Waals surface area contributed by atoms with E-state index >= 15 is 0 Å². The summed E-state index contributed by atoms with van der Waals surface area (Å²) in [5.41, 5.74) is 1.65. The second-order valence-electron chi connectivity index (χ2n) is 3.59. The highest BCUT2D eigenvalue weighted by Gasteiger charge is 2.10. The van der Waals surface area contributed by atoms with Crippen molar-refractivity contribution in [2.75, 3.05) is 20.3 Å². The Labute approximate surface area is 97.9 Å². The van der Waals surface area contributed by atoms with Crippen molar-refractivity contribution in [1.29, 1.82) is 0 Å². The summed E-state index contributed by atoms with van der Waals surface area (Å²) in [7, 11) is 1.58. The average molecular weight is 235 g/mol. The Hall–Kier alpha value is -1.95. The smallest absolute Gasteiger partial charge is 0.257 e. The first-order chi connectivity index (χ1) is 8.22. The van der Waals surface area contributed by atoms with Gasteiger partial charge in [-0.25, -0.2) is 4.98 Å². The Morgan fingerprint density at radius 2 is 2.41 bits per heavy atom. The zero-order valence-corrected chi connectivity index (χ0v) is 9.69. The molecule has 0 saturated carbocycles. The number of aryl methyl sites for hydroxylation is 1. The molecule has 2 aromatic rings. The van der Waals surface area contributed by atoms with Crippen LogP contribution in [0.5, 0.6) is 0 Å². The fourth-order valence-corrected chi connectivity index (χ4v) is 1.44. The number of carbonyl (C=O) groups excluding carboxylic acids is 1. The second kappa shape index (κ2) is 4.92. The minimum Gasteiger partial charge on any atom is -0.383 e. The number of aromatic nitrogens is 2. The van der Waals surface area contributed by atoms with Gasteiger partial charge in [-0.3, -0.25) is 4.79 Å². The molecule has 0 atom stereocenters. The van der Waals surface area contributed by atoms with Crippen LogP contribution in [0, 0.1) is 6.92 Å². The summed E-state index contributed by atoms with van der Waals surface area (Å²) in [4.78, 5) is 15.8. The van der Waals surface area contributed by atoms with Crippen LogP contribution in [0.15, 0.2) is 16.8 Å². The predicted molar refractivity (Wildman–Crippen MR) is 60.8 cm³/mol. The molecular weight excluding hydrogens is 222 g/mol. The van der Waals surface area contributed by atoms with Crippen molar-refractivity contribution in [2.24, 2.45) is 0 Å². The SMILES string of the molecule is COCCNC(=O)c1cnc2onc(C)c2c1. The van der Waals surface area contributed by atoms with Crippen LogP contribution >= 0.6 is 0 Å². The minimum absolute atomic E-state index is 0.183. The molecule has 1 N–H and O–H groups in total. The maximum Gasteiger partial charge on any atom is 0.257 e. The van der Waals surface area contributed by atoms with Crippen LogP contribution in [0.3, 0.4) is 0 Å². The standard InChI is InChI=1S/C11H13N3O3/c1-7-9-5-8(6-13-11(9)17-14-7)10(15)12-3-4-16-2/h5-6H,3-4H2,1-2H3,(H,12,15). The van der Waals surface area contributed by atoms with Gasteiger partial charge in [0.2, 0.25) is 0 Å². The van der Waals surface area contributed by atoms with Crippen molar-refractivity contribution in [3.8, 4) is 0 Å². The van der Waals surface area contributed by atoms with E-state index in [-0.39, 0.29) is 5.91 Å². The summed E-state index contributed by atoms with van der Waals surface area (Å²) in [6.45, 7) is 2.75. The predicted octanol–water partition coefficient (Wildman–Crippen LogP) is 0.907. The van der Waals surface area contributed by atoms with Gasteiger partial charge in [-0.15, -0.1) is 0 Å². The fourth-order valence-electron chi connectivity index (χ4n) is 1.44. The Kier molecular flexibility index (Phi) is 3.34. The number of nitrogens with one attached hydrogen (secondary N) is 1. The Bertz CT molecular complexity index is 536. The molecule has 0 bridgehead atoms. The summed E-state index contributed by atoms with van der Waals surface area (Å²) in [6.07, 6.45) is 1.47. The third kappa shape index (κ3) is 2.42. The van der Waals surface area contributed by atoms with Gasteiger partial charge in [0, 0.05) is 19.9 Å². The van der Waals surface area contributed by atoms with E-state index in [4.69, 9.17) is 9.26 Å². The number of rotatable bonds is 4. The van der Waals surface area contributed by atoms with Gasteiger partial charge < -0.3 is 14.6 Å². The lowest BCUT2D eigenvalue weighted by atomic mass is 10.2. The van der Waals surface area contributed by atoms with Crippen LogP contribution in [-0.4, -0.2) is 36.3 Å². The zero-order chi connectivity index (χ0) is 12.3. The normalized spacial score (nSPS) is 10.7. The van der Waals surface area contributed by atoms with Crippen molar-refractivity contribution in [3.63, 3.8) is 0 Å². The van der Waals surface area contributed by atoms with E-state index in [2.05, 4.69) is 15.5 Å². The van der Waals surface area contributed by atoms with Crippen LogP contribution in [0.4, 0.5) is 0 Å². The number of fused-ring (bicyclic) bond motifs is 1. The molecule has 0 saturated heterocycles. The lowest BCUT2D eigenvalue weighted by Crippen LogP contribution is -2.26. The van der Waals surface area contributed by atoms with Crippen LogP contribution in [0.1, 0.15) is 16.1 Å². The molecule has 90 valence electrons.